The Hall–Kier alpha value is -1.03. The molecule has 1 aromatic heterocycles. The van der Waals surface area contributed by atoms with Crippen molar-refractivity contribution in [3.63, 3.8) is 0 Å². The molecule has 1 fully saturated rings. The van der Waals surface area contributed by atoms with Gasteiger partial charge in [0.15, 0.2) is 5.82 Å². The molecule has 5 heteroatoms. The first-order valence-corrected chi connectivity index (χ1v) is 6.02. The topological polar surface area (TPSA) is 41.1 Å². The van der Waals surface area contributed by atoms with Gasteiger partial charge in [-0.1, -0.05) is 0 Å². The Morgan fingerprint density at radius 1 is 1.38 bits per heavy atom. The average molecular weight is 239 g/mol. The number of likely N-dealkylation sites (N-methyl/N-ethyl adjacent to an activating group) is 1. The molecule has 1 aliphatic carbocycles. The normalized spacial score (nSPS) is 21.3. The summed E-state index contributed by atoms with van der Waals surface area (Å²) < 4.78 is 0. The van der Waals surface area contributed by atoms with Gasteiger partial charge in [-0.15, -0.1) is 0 Å². The number of anilines is 2. The van der Waals surface area contributed by atoms with Crippen LogP contribution in [0.2, 0.25) is 5.28 Å². The molecule has 16 heavy (non-hydrogen) atoms. The van der Waals surface area contributed by atoms with Crippen molar-refractivity contribution in [3.8, 4) is 0 Å². The van der Waals surface area contributed by atoms with Crippen molar-refractivity contribution in [2.24, 2.45) is 0 Å². The van der Waals surface area contributed by atoms with Gasteiger partial charge < -0.3 is 10.2 Å². The molecule has 1 N–H and O–H groups in total. The number of aryl methyl sites for hydroxylation is 1. The third-order valence-electron chi connectivity index (χ3n) is 3.95. The lowest BCUT2D eigenvalue weighted by molar-refractivity contribution is 0.247. The predicted octanol–water partition coefficient (Wildman–Crippen LogP) is 2.22. The fourth-order valence-electron chi connectivity index (χ4n) is 2.67. The molecule has 1 aromatic rings. The van der Waals surface area contributed by atoms with Crippen LogP contribution < -0.4 is 10.2 Å². The van der Waals surface area contributed by atoms with E-state index in [-0.39, 0.29) is 5.54 Å². The minimum atomic E-state index is 0.261. The van der Waals surface area contributed by atoms with Gasteiger partial charge in [0, 0.05) is 13.6 Å². The molecule has 1 saturated carbocycles. The summed E-state index contributed by atoms with van der Waals surface area (Å²) in [6.07, 6.45) is 3.77. The van der Waals surface area contributed by atoms with Crippen LogP contribution in [-0.2, 0) is 0 Å². The maximum absolute atomic E-state index is 5.92. The number of hydrogen-bond acceptors (Lipinski definition) is 4. The monoisotopic (exact) mass is 238 g/mol. The van der Waals surface area contributed by atoms with Crippen LogP contribution in [0.25, 0.3) is 0 Å². The van der Waals surface area contributed by atoms with Crippen LogP contribution in [0, 0.1) is 6.92 Å². The summed E-state index contributed by atoms with van der Waals surface area (Å²) in [5, 5.41) is 3.79. The molecule has 86 valence electrons. The molecule has 1 aliphatic heterocycles. The first-order valence-electron chi connectivity index (χ1n) is 5.64. The van der Waals surface area contributed by atoms with E-state index in [0.717, 1.165) is 23.7 Å². The van der Waals surface area contributed by atoms with Crippen molar-refractivity contribution in [2.45, 2.75) is 31.7 Å². The molecule has 4 nitrogen and oxygen atoms in total. The predicted molar refractivity (Wildman–Crippen MR) is 65.3 cm³/mol. The van der Waals surface area contributed by atoms with E-state index in [0.29, 0.717) is 5.28 Å². The maximum Gasteiger partial charge on any atom is 0.224 e. The highest BCUT2D eigenvalue weighted by molar-refractivity contribution is 6.28. The summed E-state index contributed by atoms with van der Waals surface area (Å²) >= 11 is 5.92. The van der Waals surface area contributed by atoms with Gasteiger partial charge in [-0.3, -0.25) is 0 Å². The second-order valence-electron chi connectivity index (χ2n) is 4.77. The quantitative estimate of drug-likeness (QED) is 0.704. The number of nitrogens with one attached hydrogen (secondary N) is 1. The summed E-state index contributed by atoms with van der Waals surface area (Å²) in [5.41, 5.74) is 2.22. The molecule has 2 heterocycles. The minimum Gasteiger partial charge on any atom is -0.378 e. The van der Waals surface area contributed by atoms with Gasteiger partial charge in [-0.2, -0.15) is 4.98 Å². The van der Waals surface area contributed by atoms with Gasteiger partial charge in [0.05, 0.1) is 16.9 Å². The van der Waals surface area contributed by atoms with E-state index in [1.807, 2.05) is 6.92 Å². The van der Waals surface area contributed by atoms with Crippen LogP contribution in [0.4, 0.5) is 11.5 Å². The summed E-state index contributed by atoms with van der Waals surface area (Å²) in [4.78, 5) is 10.8. The summed E-state index contributed by atoms with van der Waals surface area (Å²) in [7, 11) is 2.11. The van der Waals surface area contributed by atoms with Gasteiger partial charge in [0.25, 0.3) is 0 Å². The van der Waals surface area contributed by atoms with E-state index in [1.165, 1.54) is 19.3 Å². The molecule has 0 saturated heterocycles. The lowest BCUT2D eigenvalue weighted by Gasteiger charge is -2.52. The van der Waals surface area contributed by atoms with Crippen LogP contribution >= 0.6 is 11.6 Å². The molecule has 0 bridgehead atoms. The molecule has 0 unspecified atom stereocenters. The Labute approximate surface area is 100 Å². The van der Waals surface area contributed by atoms with Crippen molar-refractivity contribution in [1.29, 1.82) is 0 Å². The van der Waals surface area contributed by atoms with Crippen molar-refractivity contribution >= 4 is 23.1 Å². The first kappa shape index (κ1) is 10.1. The highest BCUT2D eigenvalue weighted by atomic mass is 35.5. The Balaban J connectivity index is 2.09. The Morgan fingerprint density at radius 2 is 2.12 bits per heavy atom. The fraction of sp³-hybridized carbons (Fsp3) is 0.636. The minimum absolute atomic E-state index is 0.261. The van der Waals surface area contributed by atoms with E-state index in [4.69, 9.17) is 11.6 Å². The zero-order chi connectivity index (χ0) is 11.3. The molecule has 0 atom stereocenters. The molecule has 0 aromatic carbocycles. The molecule has 1 spiro atoms. The molecule has 3 rings (SSSR count). The van der Waals surface area contributed by atoms with Crippen LogP contribution in [-0.4, -0.2) is 29.1 Å². The lowest BCUT2D eigenvalue weighted by atomic mass is 9.74. The van der Waals surface area contributed by atoms with E-state index in [1.54, 1.807) is 0 Å². The first-order chi connectivity index (χ1) is 7.62. The van der Waals surface area contributed by atoms with Crippen molar-refractivity contribution in [3.05, 3.63) is 11.0 Å². The number of hydrogen-bond donors (Lipinski definition) is 1. The molecule has 0 radical (unpaired) electrons. The van der Waals surface area contributed by atoms with Crippen LogP contribution in [0.5, 0.6) is 0 Å². The van der Waals surface area contributed by atoms with E-state index in [2.05, 4.69) is 27.2 Å². The summed E-state index contributed by atoms with van der Waals surface area (Å²) in [6.45, 7) is 2.95. The SMILES string of the molecule is Cc1nc(Cl)nc2c1NCC1(CCC1)N2C. The highest BCUT2D eigenvalue weighted by Crippen LogP contribution is 2.45. The zero-order valence-corrected chi connectivity index (χ0v) is 10.3. The molecule has 0 amide bonds. The van der Waals surface area contributed by atoms with E-state index in [9.17, 15) is 0 Å². The second-order valence-corrected chi connectivity index (χ2v) is 5.11. The number of halogens is 1. The average Bonchev–Trinajstić information content (AvgIpc) is 2.17. The van der Waals surface area contributed by atoms with Crippen LogP contribution in [0.15, 0.2) is 0 Å². The molecule has 2 aliphatic rings. The van der Waals surface area contributed by atoms with Gasteiger partial charge in [-0.05, 0) is 37.8 Å². The Kier molecular flexibility index (Phi) is 2.05. The zero-order valence-electron chi connectivity index (χ0n) is 9.55. The Bertz CT molecular complexity index is 442. The van der Waals surface area contributed by atoms with Crippen LogP contribution in [0.1, 0.15) is 25.0 Å². The second kappa shape index (κ2) is 3.23. The highest BCUT2D eigenvalue weighted by Gasteiger charge is 2.45. The summed E-state index contributed by atoms with van der Waals surface area (Å²) in [6, 6.07) is 0. The maximum atomic E-state index is 5.92. The third-order valence-corrected chi connectivity index (χ3v) is 4.12. The molecular weight excluding hydrogens is 224 g/mol. The number of rotatable bonds is 0. The van der Waals surface area contributed by atoms with Gasteiger partial charge >= 0.3 is 0 Å². The fourth-order valence-corrected chi connectivity index (χ4v) is 2.87. The number of fused-ring (bicyclic) bond motifs is 1. The van der Waals surface area contributed by atoms with Gasteiger partial charge in [-0.25, -0.2) is 4.98 Å². The number of aromatic nitrogens is 2. The standard InChI is InChI=1S/C11H15ClN4/c1-7-8-9(15-10(12)14-7)16(2)11(6-13-8)4-3-5-11/h13H,3-6H2,1-2H3. The van der Waals surface area contributed by atoms with E-state index < -0.39 is 0 Å². The van der Waals surface area contributed by atoms with Crippen LogP contribution in [0.3, 0.4) is 0 Å². The largest absolute Gasteiger partial charge is 0.378 e. The van der Waals surface area contributed by atoms with E-state index >= 15 is 0 Å². The van der Waals surface area contributed by atoms with Crippen molar-refractivity contribution in [1.82, 2.24) is 9.97 Å². The molecular formula is C11H15ClN4. The summed E-state index contributed by atoms with van der Waals surface area (Å²) in [5.74, 6) is 0.948. The number of nitrogens with zero attached hydrogens (tertiary/aromatic N) is 3. The van der Waals surface area contributed by atoms with Gasteiger partial charge in [0.2, 0.25) is 5.28 Å². The van der Waals surface area contributed by atoms with Crippen molar-refractivity contribution in [2.75, 3.05) is 23.8 Å². The Morgan fingerprint density at radius 3 is 2.75 bits per heavy atom. The lowest BCUT2D eigenvalue weighted by Crippen LogP contribution is -2.59. The van der Waals surface area contributed by atoms with Crippen molar-refractivity contribution < 1.29 is 0 Å². The third kappa shape index (κ3) is 1.22. The van der Waals surface area contributed by atoms with Gasteiger partial charge in [0.1, 0.15) is 0 Å². The smallest absolute Gasteiger partial charge is 0.224 e.